The fourth-order valence-corrected chi connectivity index (χ4v) is 2.64. The average molecular weight is 345 g/mol. The molecule has 128 valence electrons. The molecule has 0 atom stereocenters. The van der Waals surface area contributed by atoms with Crippen LogP contribution in [-0.2, 0) is 19.6 Å². The van der Waals surface area contributed by atoms with Crippen molar-refractivity contribution in [1.82, 2.24) is 4.72 Å². The summed E-state index contributed by atoms with van der Waals surface area (Å²) < 4.78 is 31.3. The van der Waals surface area contributed by atoms with E-state index in [0.29, 0.717) is 0 Å². The second-order valence-electron chi connectivity index (χ2n) is 5.60. The van der Waals surface area contributed by atoms with Gasteiger partial charge in [-0.1, -0.05) is 0 Å². The lowest BCUT2D eigenvalue weighted by atomic mass is 10.2. The Morgan fingerprint density at radius 2 is 1.96 bits per heavy atom. The van der Waals surface area contributed by atoms with Gasteiger partial charge in [-0.3, -0.25) is 14.9 Å². The van der Waals surface area contributed by atoms with Crippen molar-refractivity contribution in [3.8, 4) is 0 Å². The summed E-state index contributed by atoms with van der Waals surface area (Å²) in [5.41, 5.74) is -0.941. The van der Waals surface area contributed by atoms with Crippen molar-refractivity contribution in [2.75, 3.05) is 18.9 Å². The summed E-state index contributed by atoms with van der Waals surface area (Å²) in [6.07, 6.45) is 0. The first-order valence-corrected chi connectivity index (χ1v) is 8.12. The first-order chi connectivity index (χ1) is 10.5. The van der Waals surface area contributed by atoms with E-state index in [1.54, 1.807) is 20.8 Å². The number of rotatable bonds is 6. The highest BCUT2D eigenvalue weighted by molar-refractivity contribution is 7.89. The maximum Gasteiger partial charge on any atom is 0.321 e. The number of nitro benzene ring substituents is 1. The van der Waals surface area contributed by atoms with Crippen molar-refractivity contribution in [2.24, 2.45) is 0 Å². The van der Waals surface area contributed by atoms with Gasteiger partial charge in [0.25, 0.3) is 5.69 Å². The third-order valence-corrected chi connectivity index (χ3v) is 3.97. The number of nitro groups is 1. The van der Waals surface area contributed by atoms with Gasteiger partial charge in [-0.25, -0.2) is 8.42 Å². The van der Waals surface area contributed by atoms with E-state index < -0.39 is 33.1 Å². The van der Waals surface area contributed by atoms with Crippen LogP contribution in [0.5, 0.6) is 0 Å². The molecule has 10 heteroatoms. The van der Waals surface area contributed by atoms with Crippen molar-refractivity contribution in [2.45, 2.75) is 31.3 Å². The van der Waals surface area contributed by atoms with Crippen LogP contribution < -0.4 is 10.0 Å². The summed E-state index contributed by atoms with van der Waals surface area (Å²) in [5.74, 6) is -0.748. The van der Waals surface area contributed by atoms with Crippen LogP contribution in [0.2, 0.25) is 0 Å². The number of hydrogen-bond donors (Lipinski definition) is 2. The molecule has 0 aromatic heterocycles. The monoisotopic (exact) mass is 345 g/mol. The van der Waals surface area contributed by atoms with Gasteiger partial charge in [-0.2, -0.15) is 4.72 Å². The Labute approximate surface area is 134 Å². The number of nitrogens with zero attached hydrogens (tertiary/aromatic N) is 1. The standard InChI is InChI=1S/C13H19N3O6S/c1-13(2,3)22-12(17)8-15-23(20,21)9-5-6-10(14-4)11(7-9)16(18)19/h5-7,14-15H,8H2,1-4H3. The number of esters is 1. The van der Waals surface area contributed by atoms with Gasteiger partial charge < -0.3 is 10.1 Å². The molecule has 1 aromatic rings. The zero-order valence-electron chi connectivity index (χ0n) is 13.2. The largest absolute Gasteiger partial charge is 0.459 e. The van der Waals surface area contributed by atoms with Gasteiger partial charge in [0.05, 0.1) is 9.82 Å². The first kappa shape index (κ1) is 18.8. The van der Waals surface area contributed by atoms with E-state index in [1.807, 2.05) is 0 Å². The lowest BCUT2D eigenvalue weighted by Gasteiger charge is -2.19. The molecule has 1 aromatic carbocycles. The predicted octanol–water partition coefficient (Wildman–Crippen LogP) is 1.26. The normalized spacial score (nSPS) is 11.8. The Morgan fingerprint density at radius 1 is 1.35 bits per heavy atom. The third kappa shape index (κ3) is 5.49. The van der Waals surface area contributed by atoms with Crippen molar-refractivity contribution in [3.63, 3.8) is 0 Å². The highest BCUT2D eigenvalue weighted by atomic mass is 32.2. The maximum atomic E-state index is 12.1. The number of carbonyl (C=O) groups excluding carboxylic acids is 1. The van der Waals surface area contributed by atoms with Crippen LogP contribution in [0.4, 0.5) is 11.4 Å². The molecule has 2 N–H and O–H groups in total. The Hall–Kier alpha value is -2.20. The second-order valence-corrected chi connectivity index (χ2v) is 7.36. The number of anilines is 1. The van der Waals surface area contributed by atoms with Crippen LogP contribution in [0, 0.1) is 10.1 Å². The summed E-state index contributed by atoms with van der Waals surface area (Å²) in [4.78, 5) is 21.5. The highest BCUT2D eigenvalue weighted by Crippen LogP contribution is 2.26. The minimum Gasteiger partial charge on any atom is -0.459 e. The van der Waals surface area contributed by atoms with Crippen LogP contribution in [0.1, 0.15) is 20.8 Å². The van der Waals surface area contributed by atoms with E-state index in [2.05, 4.69) is 10.0 Å². The fraction of sp³-hybridized carbons (Fsp3) is 0.462. The number of hydrogen-bond acceptors (Lipinski definition) is 7. The minimum atomic E-state index is -4.07. The molecule has 0 fully saturated rings. The molecule has 0 bridgehead atoms. The van der Waals surface area contributed by atoms with Gasteiger partial charge in [-0.05, 0) is 32.9 Å². The molecule has 0 spiro atoms. The van der Waals surface area contributed by atoms with E-state index in [4.69, 9.17) is 4.74 Å². The molecule has 0 radical (unpaired) electrons. The summed E-state index contributed by atoms with van der Waals surface area (Å²) in [5, 5.41) is 13.6. The molecule has 0 unspecified atom stereocenters. The van der Waals surface area contributed by atoms with Crippen LogP contribution in [0.3, 0.4) is 0 Å². The van der Waals surface area contributed by atoms with Crippen molar-refractivity contribution in [1.29, 1.82) is 0 Å². The fourth-order valence-electron chi connectivity index (χ4n) is 1.66. The number of benzene rings is 1. The van der Waals surface area contributed by atoms with Crippen molar-refractivity contribution < 1.29 is 22.9 Å². The Balaban J connectivity index is 2.95. The highest BCUT2D eigenvalue weighted by Gasteiger charge is 2.23. The smallest absolute Gasteiger partial charge is 0.321 e. The first-order valence-electron chi connectivity index (χ1n) is 6.64. The van der Waals surface area contributed by atoms with Gasteiger partial charge in [0.2, 0.25) is 10.0 Å². The molecular weight excluding hydrogens is 326 g/mol. The SMILES string of the molecule is CNc1ccc(S(=O)(=O)NCC(=O)OC(C)(C)C)cc1[N+](=O)[O-]. The molecule has 0 aliphatic rings. The van der Waals surface area contributed by atoms with Gasteiger partial charge >= 0.3 is 5.97 Å². The molecular formula is C13H19N3O6S. The summed E-state index contributed by atoms with van der Waals surface area (Å²) in [7, 11) is -2.59. The Kier molecular flexibility index (Phi) is 5.67. The summed E-state index contributed by atoms with van der Waals surface area (Å²) in [6.45, 7) is 4.39. The van der Waals surface area contributed by atoms with Crippen molar-refractivity contribution in [3.05, 3.63) is 28.3 Å². The zero-order valence-corrected chi connectivity index (χ0v) is 14.1. The molecule has 23 heavy (non-hydrogen) atoms. The van der Waals surface area contributed by atoms with Gasteiger partial charge in [0.1, 0.15) is 17.8 Å². The molecule has 9 nitrogen and oxygen atoms in total. The lowest BCUT2D eigenvalue weighted by molar-refractivity contribution is -0.384. The molecule has 0 heterocycles. The Bertz CT molecular complexity index is 709. The van der Waals surface area contributed by atoms with Crippen LogP contribution in [-0.4, -0.2) is 38.5 Å². The zero-order chi connectivity index (χ0) is 17.8. The van der Waals surface area contributed by atoms with E-state index in [-0.39, 0.29) is 16.3 Å². The van der Waals surface area contributed by atoms with Gasteiger partial charge in [0, 0.05) is 13.1 Å². The maximum absolute atomic E-state index is 12.1. The number of nitrogens with one attached hydrogen (secondary N) is 2. The lowest BCUT2D eigenvalue weighted by Crippen LogP contribution is -2.34. The van der Waals surface area contributed by atoms with Crippen LogP contribution in [0.25, 0.3) is 0 Å². The van der Waals surface area contributed by atoms with E-state index >= 15 is 0 Å². The number of sulfonamides is 1. The van der Waals surface area contributed by atoms with Gasteiger partial charge in [0.15, 0.2) is 0 Å². The van der Waals surface area contributed by atoms with Crippen LogP contribution in [0.15, 0.2) is 23.1 Å². The van der Waals surface area contributed by atoms with Gasteiger partial charge in [-0.15, -0.1) is 0 Å². The number of carbonyl (C=O) groups is 1. The van der Waals surface area contributed by atoms with E-state index in [1.165, 1.54) is 19.2 Å². The van der Waals surface area contributed by atoms with Crippen molar-refractivity contribution >= 4 is 27.4 Å². The quantitative estimate of drug-likeness (QED) is 0.451. The Morgan fingerprint density at radius 3 is 2.43 bits per heavy atom. The topological polar surface area (TPSA) is 128 Å². The molecule has 0 aliphatic heterocycles. The molecule has 0 saturated heterocycles. The number of ether oxygens (including phenoxy) is 1. The average Bonchev–Trinajstić information content (AvgIpc) is 2.42. The third-order valence-electron chi connectivity index (χ3n) is 2.57. The van der Waals surface area contributed by atoms with E-state index in [9.17, 15) is 23.3 Å². The van der Waals surface area contributed by atoms with Crippen LogP contribution >= 0.6 is 0 Å². The molecule has 0 amide bonds. The predicted molar refractivity (Wildman–Crippen MR) is 83.7 cm³/mol. The summed E-state index contributed by atoms with van der Waals surface area (Å²) in [6, 6.07) is 3.40. The second kappa shape index (κ2) is 6.92. The minimum absolute atomic E-state index is 0.182. The summed E-state index contributed by atoms with van der Waals surface area (Å²) >= 11 is 0. The molecule has 1 rings (SSSR count). The van der Waals surface area contributed by atoms with E-state index in [0.717, 1.165) is 6.07 Å². The molecule has 0 aliphatic carbocycles. The molecule has 0 saturated carbocycles.